The molecule has 5 heteroatoms. The van der Waals surface area contributed by atoms with E-state index >= 15 is 0 Å². The molecule has 2 aromatic rings. The average Bonchev–Trinajstić information content (AvgIpc) is 2.68. The van der Waals surface area contributed by atoms with Gasteiger partial charge in [0.05, 0.1) is 11.4 Å². The molecule has 2 N–H and O–H groups in total. The Morgan fingerprint density at radius 1 is 1.03 bits per heavy atom. The lowest BCUT2D eigenvalue weighted by Gasteiger charge is -2.33. The largest absolute Gasteiger partial charge is 0.370 e. The summed E-state index contributed by atoms with van der Waals surface area (Å²) < 4.78 is 0. The fourth-order valence-electron chi connectivity index (χ4n) is 3.56. The Balaban J connectivity index is 1.64. The zero-order chi connectivity index (χ0) is 21.0. The first-order valence-electron chi connectivity index (χ1n) is 10.3. The maximum atomic E-state index is 12.6. The molecule has 0 spiro atoms. The van der Waals surface area contributed by atoms with Crippen molar-refractivity contribution in [2.75, 3.05) is 23.3 Å². The van der Waals surface area contributed by atoms with Crippen LogP contribution >= 0.6 is 12.2 Å². The van der Waals surface area contributed by atoms with Crippen molar-refractivity contribution < 1.29 is 4.79 Å². The lowest BCUT2D eigenvalue weighted by molar-refractivity contribution is 0.0977. The molecule has 1 aliphatic heterocycles. The second-order valence-electron chi connectivity index (χ2n) is 8.92. The second kappa shape index (κ2) is 8.95. The van der Waals surface area contributed by atoms with E-state index in [1.807, 2.05) is 42.5 Å². The molecule has 0 bridgehead atoms. The minimum atomic E-state index is -0.202. The number of piperidine rings is 1. The number of benzene rings is 2. The highest BCUT2D eigenvalue weighted by atomic mass is 32.1. The number of amides is 1. The SMILES string of the molecule is CC1CCN(c2ccccc2NC(=S)NC(=O)c2ccc(C(C)(C)C)cc2)CC1. The molecule has 0 saturated carbocycles. The van der Waals surface area contributed by atoms with Crippen LogP contribution in [0.25, 0.3) is 0 Å². The number of carbonyl (C=O) groups excluding carboxylic acids is 1. The van der Waals surface area contributed by atoms with Gasteiger partial charge in [-0.05, 0) is 66.2 Å². The first-order valence-corrected chi connectivity index (χ1v) is 10.7. The molecular weight excluding hydrogens is 378 g/mol. The molecule has 0 radical (unpaired) electrons. The van der Waals surface area contributed by atoms with Crippen LogP contribution in [0.1, 0.15) is 56.5 Å². The van der Waals surface area contributed by atoms with E-state index in [1.54, 1.807) is 0 Å². The van der Waals surface area contributed by atoms with Gasteiger partial charge in [-0.1, -0.05) is 52.0 Å². The maximum absolute atomic E-state index is 12.6. The van der Waals surface area contributed by atoms with Crippen LogP contribution in [0, 0.1) is 5.92 Å². The first-order chi connectivity index (χ1) is 13.7. The molecule has 4 nitrogen and oxygen atoms in total. The van der Waals surface area contributed by atoms with Crippen molar-refractivity contribution in [3.05, 3.63) is 59.7 Å². The summed E-state index contributed by atoms with van der Waals surface area (Å²) in [7, 11) is 0. The number of carbonyl (C=O) groups is 1. The summed E-state index contributed by atoms with van der Waals surface area (Å²) in [5.74, 6) is 0.573. The molecule has 0 unspecified atom stereocenters. The third-order valence-electron chi connectivity index (χ3n) is 5.52. The number of nitrogens with one attached hydrogen (secondary N) is 2. The fourth-order valence-corrected chi connectivity index (χ4v) is 3.76. The van der Waals surface area contributed by atoms with E-state index in [2.05, 4.69) is 49.3 Å². The summed E-state index contributed by atoms with van der Waals surface area (Å²) in [6.07, 6.45) is 2.39. The Labute approximate surface area is 179 Å². The standard InChI is InChI=1S/C24H31N3OS/c1-17-13-15-27(16-14-17)21-8-6-5-7-20(21)25-23(29)26-22(28)18-9-11-19(12-10-18)24(2,3)4/h5-12,17H,13-16H2,1-4H3,(H2,25,26,28,29). The van der Waals surface area contributed by atoms with E-state index in [9.17, 15) is 4.79 Å². The van der Waals surface area contributed by atoms with Gasteiger partial charge >= 0.3 is 0 Å². The topological polar surface area (TPSA) is 44.4 Å². The summed E-state index contributed by atoms with van der Waals surface area (Å²) in [6.45, 7) is 10.9. The van der Waals surface area contributed by atoms with Gasteiger partial charge in [0.1, 0.15) is 0 Å². The van der Waals surface area contributed by atoms with Gasteiger partial charge in [0.15, 0.2) is 5.11 Å². The number of anilines is 2. The zero-order valence-corrected chi connectivity index (χ0v) is 18.6. The molecule has 1 heterocycles. The molecule has 154 valence electrons. The molecule has 1 aliphatic rings. The van der Waals surface area contributed by atoms with Crippen molar-refractivity contribution in [3.63, 3.8) is 0 Å². The molecule has 0 aromatic heterocycles. The molecule has 3 rings (SSSR count). The highest BCUT2D eigenvalue weighted by molar-refractivity contribution is 7.80. The van der Waals surface area contributed by atoms with E-state index in [4.69, 9.17) is 12.2 Å². The van der Waals surface area contributed by atoms with E-state index in [-0.39, 0.29) is 11.3 Å². The fraction of sp³-hybridized carbons (Fsp3) is 0.417. The Kier molecular flexibility index (Phi) is 6.58. The predicted molar refractivity (Wildman–Crippen MR) is 126 cm³/mol. The van der Waals surface area contributed by atoms with Crippen LogP contribution in [0.3, 0.4) is 0 Å². The Morgan fingerprint density at radius 3 is 2.28 bits per heavy atom. The second-order valence-corrected chi connectivity index (χ2v) is 9.33. The molecule has 0 aliphatic carbocycles. The van der Waals surface area contributed by atoms with E-state index in [1.165, 1.54) is 18.4 Å². The molecule has 1 saturated heterocycles. The number of rotatable bonds is 3. The molecule has 0 atom stereocenters. The van der Waals surface area contributed by atoms with Gasteiger partial charge in [0.2, 0.25) is 0 Å². The lowest BCUT2D eigenvalue weighted by atomic mass is 9.87. The summed E-state index contributed by atoms with van der Waals surface area (Å²) in [6, 6.07) is 15.8. The monoisotopic (exact) mass is 409 g/mol. The summed E-state index contributed by atoms with van der Waals surface area (Å²) in [4.78, 5) is 15.0. The number of thiocarbonyl (C=S) groups is 1. The molecular formula is C24H31N3OS. The molecule has 2 aromatic carbocycles. The Bertz CT molecular complexity index is 862. The minimum Gasteiger partial charge on any atom is -0.370 e. The summed E-state index contributed by atoms with van der Waals surface area (Å²) >= 11 is 5.42. The van der Waals surface area contributed by atoms with E-state index in [0.717, 1.165) is 30.4 Å². The van der Waals surface area contributed by atoms with Crippen LogP contribution < -0.4 is 15.5 Å². The maximum Gasteiger partial charge on any atom is 0.257 e. The molecule has 1 amide bonds. The Hall–Kier alpha value is -2.40. The minimum absolute atomic E-state index is 0.0574. The van der Waals surface area contributed by atoms with Crippen molar-refractivity contribution in [2.45, 2.75) is 46.0 Å². The number of nitrogens with zero attached hydrogens (tertiary/aromatic N) is 1. The summed E-state index contributed by atoms with van der Waals surface area (Å²) in [5, 5.41) is 6.33. The van der Waals surface area contributed by atoms with Crippen molar-refractivity contribution in [2.24, 2.45) is 5.92 Å². The smallest absolute Gasteiger partial charge is 0.257 e. The highest BCUT2D eigenvalue weighted by Crippen LogP contribution is 2.29. The predicted octanol–water partition coefficient (Wildman–Crippen LogP) is 5.35. The van der Waals surface area contributed by atoms with Crippen LogP contribution in [0.2, 0.25) is 0 Å². The van der Waals surface area contributed by atoms with Crippen LogP contribution in [0.4, 0.5) is 11.4 Å². The van der Waals surface area contributed by atoms with Crippen molar-refractivity contribution >= 4 is 34.6 Å². The van der Waals surface area contributed by atoms with Gasteiger partial charge in [-0.25, -0.2) is 0 Å². The van der Waals surface area contributed by atoms with E-state index in [0.29, 0.717) is 10.7 Å². The number of hydrogen-bond acceptors (Lipinski definition) is 3. The third-order valence-corrected chi connectivity index (χ3v) is 5.72. The van der Waals surface area contributed by atoms with Gasteiger partial charge in [0, 0.05) is 18.7 Å². The zero-order valence-electron chi connectivity index (χ0n) is 17.8. The van der Waals surface area contributed by atoms with Gasteiger partial charge in [-0.2, -0.15) is 0 Å². The quantitative estimate of drug-likeness (QED) is 0.671. The van der Waals surface area contributed by atoms with Gasteiger partial charge < -0.3 is 10.2 Å². The van der Waals surface area contributed by atoms with Crippen molar-refractivity contribution in [3.8, 4) is 0 Å². The van der Waals surface area contributed by atoms with Crippen LogP contribution in [0.15, 0.2) is 48.5 Å². The van der Waals surface area contributed by atoms with Gasteiger partial charge in [0.25, 0.3) is 5.91 Å². The van der Waals surface area contributed by atoms with Gasteiger partial charge in [-0.3, -0.25) is 10.1 Å². The van der Waals surface area contributed by atoms with E-state index < -0.39 is 0 Å². The van der Waals surface area contributed by atoms with Gasteiger partial charge in [-0.15, -0.1) is 0 Å². The van der Waals surface area contributed by atoms with Crippen LogP contribution in [-0.2, 0) is 5.41 Å². The van der Waals surface area contributed by atoms with Crippen molar-refractivity contribution in [1.82, 2.24) is 5.32 Å². The highest BCUT2D eigenvalue weighted by Gasteiger charge is 2.19. The summed E-state index contributed by atoms with van der Waals surface area (Å²) in [5.41, 5.74) is 3.91. The number of hydrogen-bond donors (Lipinski definition) is 2. The normalized spacial score (nSPS) is 15.1. The third kappa shape index (κ3) is 5.57. The van der Waals surface area contributed by atoms with Crippen LogP contribution in [-0.4, -0.2) is 24.1 Å². The first kappa shape index (κ1) is 21.3. The molecule has 1 fully saturated rings. The van der Waals surface area contributed by atoms with Crippen LogP contribution in [0.5, 0.6) is 0 Å². The van der Waals surface area contributed by atoms with Crippen molar-refractivity contribution in [1.29, 1.82) is 0 Å². The molecule has 29 heavy (non-hydrogen) atoms. The lowest BCUT2D eigenvalue weighted by Crippen LogP contribution is -2.36. The Morgan fingerprint density at radius 2 is 1.66 bits per heavy atom. The average molecular weight is 410 g/mol. The number of para-hydroxylation sites is 2.